The van der Waals surface area contributed by atoms with Gasteiger partial charge in [-0.15, -0.1) is 0 Å². The molecule has 1 aliphatic rings. The van der Waals surface area contributed by atoms with Crippen LogP contribution in [0.2, 0.25) is 0 Å². The molecular weight excluding hydrogens is 412 g/mol. The number of hydrogen-bond acceptors (Lipinski definition) is 7. The maximum Gasteiger partial charge on any atom is 0.297 e. The number of aromatic nitrogens is 2. The molecule has 0 radical (unpaired) electrons. The van der Waals surface area contributed by atoms with Crippen LogP contribution in [-0.4, -0.2) is 48.4 Å². The van der Waals surface area contributed by atoms with E-state index in [1.165, 1.54) is 7.05 Å². The first-order valence-electron chi connectivity index (χ1n) is 9.41. The molecule has 0 aliphatic carbocycles. The van der Waals surface area contributed by atoms with Crippen molar-refractivity contribution in [2.45, 2.75) is 25.8 Å². The normalized spacial score (nSPS) is 16.7. The van der Waals surface area contributed by atoms with Crippen molar-refractivity contribution in [2.75, 3.05) is 23.7 Å². The van der Waals surface area contributed by atoms with Crippen molar-refractivity contribution >= 4 is 21.9 Å². The molecule has 2 aromatic rings. The fourth-order valence-corrected chi connectivity index (χ4v) is 4.82. The highest BCUT2D eigenvalue weighted by atomic mass is 32.2. The summed E-state index contributed by atoms with van der Waals surface area (Å²) >= 11 is 0. The number of amides is 1. The third kappa shape index (κ3) is 4.11. The molecule has 0 saturated carbocycles. The summed E-state index contributed by atoms with van der Waals surface area (Å²) < 4.78 is 31.9. The Bertz CT molecular complexity index is 1110. The molecule has 2 N–H and O–H groups in total. The Morgan fingerprint density at radius 3 is 2.53 bits per heavy atom. The standard InChI is InChI=1S/C19H24N4O6S/c1-12(13-6-8-14(29-3)9-7-13)20-17(25)15-16(24)18(26)22(2)19(21-15)23-10-4-5-11-30(23,27)28/h6-9,12,24H,4-5,10-11H2,1-3H3,(H,20,25). The first-order chi connectivity index (χ1) is 14.2. The van der Waals surface area contributed by atoms with Crippen LogP contribution >= 0.6 is 0 Å². The van der Waals surface area contributed by atoms with Gasteiger partial charge in [-0.05, 0) is 37.5 Å². The van der Waals surface area contributed by atoms with E-state index in [4.69, 9.17) is 4.74 Å². The van der Waals surface area contributed by atoms with Gasteiger partial charge in [-0.3, -0.25) is 14.2 Å². The van der Waals surface area contributed by atoms with E-state index in [2.05, 4.69) is 10.3 Å². The maximum atomic E-state index is 12.8. The number of hydrogen-bond donors (Lipinski definition) is 2. The minimum Gasteiger partial charge on any atom is -0.501 e. The number of aromatic hydroxyl groups is 1. The van der Waals surface area contributed by atoms with Crippen LogP contribution in [0.1, 0.15) is 41.9 Å². The van der Waals surface area contributed by atoms with Crippen molar-refractivity contribution in [2.24, 2.45) is 7.05 Å². The van der Waals surface area contributed by atoms with Gasteiger partial charge in [0.1, 0.15) is 5.75 Å². The molecule has 162 valence electrons. The highest BCUT2D eigenvalue weighted by molar-refractivity contribution is 7.92. The van der Waals surface area contributed by atoms with E-state index >= 15 is 0 Å². The maximum absolute atomic E-state index is 12.8. The number of anilines is 1. The highest BCUT2D eigenvalue weighted by Crippen LogP contribution is 2.23. The van der Waals surface area contributed by atoms with Gasteiger partial charge < -0.3 is 15.2 Å². The van der Waals surface area contributed by atoms with Crippen LogP contribution < -0.4 is 19.9 Å². The van der Waals surface area contributed by atoms with E-state index in [1.807, 2.05) is 0 Å². The van der Waals surface area contributed by atoms with Crippen molar-refractivity contribution in [3.63, 3.8) is 0 Å². The predicted octanol–water partition coefficient (Wildman–Crippen LogP) is 0.915. The molecule has 0 spiro atoms. The molecule has 1 aliphatic heterocycles. The molecule has 1 atom stereocenters. The minimum absolute atomic E-state index is 0.0697. The zero-order valence-electron chi connectivity index (χ0n) is 17.0. The van der Waals surface area contributed by atoms with E-state index in [0.717, 1.165) is 14.4 Å². The van der Waals surface area contributed by atoms with Gasteiger partial charge in [0, 0.05) is 13.6 Å². The Morgan fingerprint density at radius 1 is 1.27 bits per heavy atom. The van der Waals surface area contributed by atoms with Crippen molar-refractivity contribution in [3.8, 4) is 11.5 Å². The molecule has 1 amide bonds. The smallest absolute Gasteiger partial charge is 0.297 e. The molecule has 11 heteroatoms. The lowest BCUT2D eigenvalue weighted by Crippen LogP contribution is -2.42. The molecule has 1 aromatic heterocycles. The van der Waals surface area contributed by atoms with Crippen LogP contribution in [-0.2, 0) is 17.1 Å². The SMILES string of the molecule is COc1ccc(C(C)NC(=O)c2nc(N3CCCCS3(=O)=O)n(C)c(=O)c2O)cc1. The zero-order chi connectivity index (χ0) is 22.1. The molecule has 1 aromatic carbocycles. The fraction of sp³-hybridized carbons (Fsp3) is 0.421. The summed E-state index contributed by atoms with van der Waals surface area (Å²) in [5, 5.41) is 12.9. The summed E-state index contributed by atoms with van der Waals surface area (Å²) in [6, 6.07) is 6.56. The number of sulfonamides is 1. The molecule has 30 heavy (non-hydrogen) atoms. The van der Waals surface area contributed by atoms with Gasteiger partial charge in [0.25, 0.3) is 11.5 Å². The van der Waals surface area contributed by atoms with Crippen molar-refractivity contribution < 1.29 is 23.1 Å². The second kappa shape index (κ2) is 8.34. The lowest BCUT2D eigenvalue weighted by molar-refractivity contribution is 0.0931. The summed E-state index contributed by atoms with van der Waals surface area (Å²) in [6.07, 6.45) is 1.11. The number of nitrogens with zero attached hydrogens (tertiary/aromatic N) is 3. The van der Waals surface area contributed by atoms with Gasteiger partial charge in [0.2, 0.25) is 21.7 Å². The van der Waals surface area contributed by atoms with Crippen LogP contribution in [0.25, 0.3) is 0 Å². The van der Waals surface area contributed by atoms with Gasteiger partial charge in [-0.25, -0.2) is 17.7 Å². The summed E-state index contributed by atoms with van der Waals surface area (Å²) in [7, 11) is -0.810. The zero-order valence-corrected chi connectivity index (χ0v) is 17.8. The molecule has 1 unspecified atom stereocenters. The average Bonchev–Trinajstić information content (AvgIpc) is 2.72. The summed E-state index contributed by atoms with van der Waals surface area (Å²) in [6.45, 7) is 1.88. The highest BCUT2D eigenvalue weighted by Gasteiger charge is 2.31. The van der Waals surface area contributed by atoms with Crippen molar-refractivity contribution in [1.29, 1.82) is 0 Å². The lowest BCUT2D eigenvalue weighted by atomic mass is 10.1. The molecule has 0 bridgehead atoms. The second-order valence-electron chi connectivity index (χ2n) is 7.04. The monoisotopic (exact) mass is 436 g/mol. The van der Waals surface area contributed by atoms with Crippen LogP contribution in [0.15, 0.2) is 29.1 Å². The van der Waals surface area contributed by atoms with Gasteiger partial charge in [0.05, 0.1) is 18.9 Å². The first kappa shape index (κ1) is 21.6. The van der Waals surface area contributed by atoms with E-state index in [-0.39, 0.29) is 18.2 Å². The summed E-state index contributed by atoms with van der Waals surface area (Å²) in [5.41, 5.74) is -0.649. The van der Waals surface area contributed by atoms with E-state index in [0.29, 0.717) is 18.6 Å². The molecule has 10 nitrogen and oxygen atoms in total. The van der Waals surface area contributed by atoms with Gasteiger partial charge >= 0.3 is 0 Å². The summed E-state index contributed by atoms with van der Waals surface area (Å²) in [5.74, 6) is -1.23. The van der Waals surface area contributed by atoms with Crippen LogP contribution in [0.5, 0.6) is 11.5 Å². The van der Waals surface area contributed by atoms with Crippen molar-refractivity contribution in [3.05, 3.63) is 45.9 Å². The number of methoxy groups -OCH3 is 1. The Labute approximate surface area is 174 Å². The third-order valence-electron chi connectivity index (χ3n) is 4.99. The molecular formula is C19H24N4O6S. The van der Waals surface area contributed by atoms with Gasteiger partial charge in [-0.1, -0.05) is 12.1 Å². The van der Waals surface area contributed by atoms with Gasteiger partial charge in [0.15, 0.2) is 5.69 Å². The Balaban J connectivity index is 1.93. The Hall–Kier alpha value is -3.08. The fourth-order valence-electron chi connectivity index (χ4n) is 3.21. The lowest BCUT2D eigenvalue weighted by Gasteiger charge is -2.28. The average molecular weight is 436 g/mol. The number of nitrogens with one attached hydrogen (secondary N) is 1. The minimum atomic E-state index is -3.66. The Kier molecular flexibility index (Phi) is 6.01. The molecule has 1 saturated heterocycles. The quantitative estimate of drug-likeness (QED) is 0.712. The van der Waals surface area contributed by atoms with Crippen LogP contribution in [0.4, 0.5) is 5.95 Å². The third-order valence-corrected chi connectivity index (χ3v) is 6.82. The number of rotatable bonds is 5. The van der Waals surface area contributed by atoms with Crippen LogP contribution in [0, 0.1) is 0 Å². The number of carbonyl (C=O) groups excluding carboxylic acids is 1. The van der Waals surface area contributed by atoms with Crippen LogP contribution in [0.3, 0.4) is 0 Å². The topological polar surface area (TPSA) is 131 Å². The number of benzene rings is 1. The predicted molar refractivity (Wildman–Crippen MR) is 110 cm³/mol. The largest absolute Gasteiger partial charge is 0.501 e. The molecule has 3 rings (SSSR count). The van der Waals surface area contributed by atoms with Gasteiger partial charge in [-0.2, -0.15) is 0 Å². The first-order valence-corrected chi connectivity index (χ1v) is 11.0. The summed E-state index contributed by atoms with van der Waals surface area (Å²) in [4.78, 5) is 29.3. The van der Waals surface area contributed by atoms with E-state index < -0.39 is 39.0 Å². The van der Waals surface area contributed by atoms with Crippen molar-refractivity contribution in [1.82, 2.24) is 14.9 Å². The van der Waals surface area contributed by atoms with E-state index in [1.54, 1.807) is 38.3 Å². The second-order valence-corrected chi connectivity index (χ2v) is 9.05. The number of ether oxygens (including phenoxy) is 1. The molecule has 1 fully saturated rings. The van der Waals surface area contributed by atoms with E-state index in [9.17, 15) is 23.1 Å². The molecule has 2 heterocycles. The Morgan fingerprint density at radius 2 is 1.93 bits per heavy atom. The number of carbonyl (C=O) groups is 1.